The van der Waals surface area contributed by atoms with Gasteiger partial charge in [0, 0.05) is 20.0 Å². The maximum atomic E-state index is 12.4. The van der Waals surface area contributed by atoms with Crippen molar-refractivity contribution in [2.24, 2.45) is 11.8 Å². The zero-order valence-electron chi connectivity index (χ0n) is 13.1. The van der Waals surface area contributed by atoms with E-state index in [9.17, 15) is 9.59 Å². The molecule has 0 aromatic heterocycles. The normalized spacial score (nSPS) is 17.6. The van der Waals surface area contributed by atoms with E-state index in [1.54, 1.807) is 11.9 Å². The lowest BCUT2D eigenvalue weighted by Gasteiger charge is -2.30. The Hall–Kier alpha value is -1.10. The van der Waals surface area contributed by atoms with E-state index in [-0.39, 0.29) is 18.4 Å². The largest absolute Gasteiger partial charge is 0.358 e. The van der Waals surface area contributed by atoms with Crippen LogP contribution in [-0.2, 0) is 9.59 Å². The van der Waals surface area contributed by atoms with Gasteiger partial charge in [-0.15, -0.1) is 0 Å². The van der Waals surface area contributed by atoms with Crippen LogP contribution in [0.2, 0.25) is 0 Å². The summed E-state index contributed by atoms with van der Waals surface area (Å²) < 4.78 is 0. The number of likely N-dealkylation sites (N-methyl/N-ethyl adjacent to an activating group) is 1. The molecule has 1 rings (SSSR count). The van der Waals surface area contributed by atoms with Crippen molar-refractivity contribution in [3.63, 3.8) is 0 Å². The van der Waals surface area contributed by atoms with Gasteiger partial charge in [0.05, 0.1) is 6.54 Å². The first-order valence-corrected chi connectivity index (χ1v) is 7.77. The lowest BCUT2D eigenvalue weighted by molar-refractivity contribution is -0.137. The minimum atomic E-state index is -0.0960. The van der Waals surface area contributed by atoms with Gasteiger partial charge in [-0.2, -0.15) is 0 Å². The first-order valence-electron chi connectivity index (χ1n) is 7.77. The maximum absolute atomic E-state index is 12.4. The quantitative estimate of drug-likeness (QED) is 0.732. The Morgan fingerprint density at radius 2 is 2.00 bits per heavy atom. The molecule has 2 amide bonds. The average Bonchev–Trinajstić information content (AvgIpc) is 2.47. The van der Waals surface area contributed by atoms with Crippen molar-refractivity contribution in [1.29, 1.82) is 0 Å². The Balaban J connectivity index is 2.48. The molecule has 0 spiro atoms. The summed E-state index contributed by atoms with van der Waals surface area (Å²) in [5.41, 5.74) is 0. The molecule has 116 valence electrons. The van der Waals surface area contributed by atoms with Gasteiger partial charge in [-0.3, -0.25) is 9.59 Å². The second-order valence-electron chi connectivity index (χ2n) is 5.76. The van der Waals surface area contributed by atoms with Crippen molar-refractivity contribution in [3.8, 4) is 0 Å². The number of amides is 2. The summed E-state index contributed by atoms with van der Waals surface area (Å²) in [5, 5.41) is 5.94. The van der Waals surface area contributed by atoms with E-state index >= 15 is 0 Å². The van der Waals surface area contributed by atoms with Crippen LogP contribution in [0.5, 0.6) is 0 Å². The van der Waals surface area contributed by atoms with E-state index in [1.807, 2.05) is 6.92 Å². The van der Waals surface area contributed by atoms with Crippen molar-refractivity contribution in [2.75, 3.05) is 33.2 Å². The SMILES string of the molecule is CCCN(CC(=O)NC)C(=O)CC(C)C1CCNCC1. The third-order valence-corrected chi connectivity index (χ3v) is 4.14. The summed E-state index contributed by atoms with van der Waals surface area (Å²) in [6.45, 7) is 7.14. The molecular formula is C15H29N3O2. The Labute approximate surface area is 122 Å². The summed E-state index contributed by atoms with van der Waals surface area (Å²) >= 11 is 0. The van der Waals surface area contributed by atoms with E-state index in [2.05, 4.69) is 17.6 Å². The van der Waals surface area contributed by atoms with Gasteiger partial charge in [0.15, 0.2) is 0 Å². The molecule has 1 fully saturated rings. The predicted molar refractivity (Wildman–Crippen MR) is 80.3 cm³/mol. The van der Waals surface area contributed by atoms with Crippen LogP contribution in [0.3, 0.4) is 0 Å². The number of hydrogen-bond donors (Lipinski definition) is 2. The van der Waals surface area contributed by atoms with Crippen LogP contribution >= 0.6 is 0 Å². The van der Waals surface area contributed by atoms with Crippen LogP contribution < -0.4 is 10.6 Å². The Bertz CT molecular complexity index is 314. The number of nitrogens with zero attached hydrogens (tertiary/aromatic N) is 1. The molecule has 0 bridgehead atoms. The highest BCUT2D eigenvalue weighted by molar-refractivity contribution is 5.84. The van der Waals surface area contributed by atoms with Gasteiger partial charge in [0.25, 0.3) is 0 Å². The monoisotopic (exact) mass is 283 g/mol. The molecule has 1 heterocycles. The second-order valence-corrected chi connectivity index (χ2v) is 5.76. The number of hydrogen-bond acceptors (Lipinski definition) is 3. The minimum absolute atomic E-state index is 0.0960. The fraction of sp³-hybridized carbons (Fsp3) is 0.867. The molecule has 0 aromatic carbocycles. The number of rotatable bonds is 7. The van der Waals surface area contributed by atoms with Crippen LogP contribution in [0.15, 0.2) is 0 Å². The Kier molecular flexibility index (Phi) is 7.59. The molecule has 2 N–H and O–H groups in total. The summed E-state index contributed by atoms with van der Waals surface area (Å²) in [6.07, 6.45) is 3.74. The zero-order chi connectivity index (χ0) is 15.0. The third-order valence-electron chi connectivity index (χ3n) is 4.14. The smallest absolute Gasteiger partial charge is 0.239 e. The number of nitrogens with one attached hydrogen (secondary N) is 2. The molecule has 1 unspecified atom stereocenters. The van der Waals surface area contributed by atoms with Crippen LogP contribution in [0.1, 0.15) is 39.5 Å². The fourth-order valence-corrected chi connectivity index (χ4v) is 2.80. The van der Waals surface area contributed by atoms with Gasteiger partial charge in [-0.05, 0) is 44.2 Å². The van der Waals surface area contributed by atoms with E-state index in [0.717, 1.165) is 32.4 Å². The maximum Gasteiger partial charge on any atom is 0.239 e. The summed E-state index contributed by atoms with van der Waals surface area (Å²) in [5.74, 6) is 1.04. The van der Waals surface area contributed by atoms with Gasteiger partial charge in [0.1, 0.15) is 0 Å². The van der Waals surface area contributed by atoms with Crippen LogP contribution in [-0.4, -0.2) is 49.9 Å². The van der Waals surface area contributed by atoms with Crippen molar-refractivity contribution in [3.05, 3.63) is 0 Å². The molecule has 5 nitrogen and oxygen atoms in total. The highest BCUT2D eigenvalue weighted by Crippen LogP contribution is 2.24. The van der Waals surface area contributed by atoms with Crippen molar-refractivity contribution < 1.29 is 9.59 Å². The van der Waals surface area contributed by atoms with Gasteiger partial charge in [0.2, 0.25) is 11.8 Å². The highest BCUT2D eigenvalue weighted by Gasteiger charge is 2.24. The Morgan fingerprint density at radius 1 is 1.35 bits per heavy atom. The molecule has 0 radical (unpaired) electrons. The second kappa shape index (κ2) is 8.95. The molecule has 0 aliphatic carbocycles. The molecule has 5 heteroatoms. The van der Waals surface area contributed by atoms with Crippen LogP contribution in [0, 0.1) is 11.8 Å². The lowest BCUT2D eigenvalue weighted by atomic mass is 9.84. The highest BCUT2D eigenvalue weighted by atomic mass is 16.2. The minimum Gasteiger partial charge on any atom is -0.358 e. The standard InChI is InChI=1S/C15H29N3O2/c1-4-9-18(11-14(19)16-3)15(20)10-12(2)13-5-7-17-8-6-13/h12-13,17H,4-11H2,1-3H3,(H,16,19). The number of carbonyl (C=O) groups is 2. The molecule has 1 atom stereocenters. The van der Waals surface area contributed by atoms with Crippen molar-refractivity contribution in [2.45, 2.75) is 39.5 Å². The molecule has 20 heavy (non-hydrogen) atoms. The first kappa shape index (κ1) is 17.0. The molecule has 1 aliphatic rings. The molecule has 0 aromatic rings. The van der Waals surface area contributed by atoms with E-state index < -0.39 is 0 Å². The van der Waals surface area contributed by atoms with Gasteiger partial charge in [-0.1, -0.05) is 13.8 Å². The van der Waals surface area contributed by atoms with Crippen LogP contribution in [0.25, 0.3) is 0 Å². The molecule has 1 saturated heterocycles. The zero-order valence-corrected chi connectivity index (χ0v) is 13.1. The fourth-order valence-electron chi connectivity index (χ4n) is 2.80. The number of carbonyl (C=O) groups excluding carboxylic acids is 2. The summed E-state index contributed by atoms with van der Waals surface area (Å²) in [7, 11) is 1.61. The average molecular weight is 283 g/mol. The van der Waals surface area contributed by atoms with Gasteiger partial charge < -0.3 is 15.5 Å². The summed E-state index contributed by atoms with van der Waals surface area (Å²) in [4.78, 5) is 25.5. The molecule has 1 aliphatic heterocycles. The Morgan fingerprint density at radius 3 is 2.55 bits per heavy atom. The number of piperidine rings is 1. The van der Waals surface area contributed by atoms with Crippen molar-refractivity contribution >= 4 is 11.8 Å². The van der Waals surface area contributed by atoms with Gasteiger partial charge in [-0.25, -0.2) is 0 Å². The van der Waals surface area contributed by atoms with Gasteiger partial charge >= 0.3 is 0 Å². The van der Waals surface area contributed by atoms with E-state index in [4.69, 9.17) is 0 Å². The van der Waals surface area contributed by atoms with Crippen molar-refractivity contribution in [1.82, 2.24) is 15.5 Å². The van der Waals surface area contributed by atoms with E-state index in [1.165, 1.54) is 0 Å². The third kappa shape index (κ3) is 5.49. The topological polar surface area (TPSA) is 61.4 Å². The predicted octanol–water partition coefficient (Wildman–Crippen LogP) is 0.997. The molecule has 0 saturated carbocycles. The van der Waals surface area contributed by atoms with Crippen LogP contribution in [0.4, 0.5) is 0 Å². The lowest BCUT2D eigenvalue weighted by Crippen LogP contribution is -2.41. The molecular weight excluding hydrogens is 254 g/mol. The first-order chi connectivity index (χ1) is 9.58. The van der Waals surface area contributed by atoms with E-state index in [0.29, 0.717) is 24.8 Å². The summed E-state index contributed by atoms with van der Waals surface area (Å²) in [6, 6.07) is 0.